The van der Waals surface area contributed by atoms with Gasteiger partial charge in [0.05, 0.1) is 5.69 Å². The van der Waals surface area contributed by atoms with E-state index in [9.17, 15) is 0 Å². The first-order valence-electron chi connectivity index (χ1n) is 6.68. The van der Waals surface area contributed by atoms with E-state index in [0.717, 1.165) is 30.3 Å². The molecule has 1 aromatic rings. The van der Waals surface area contributed by atoms with Gasteiger partial charge in [0, 0.05) is 25.8 Å². The lowest BCUT2D eigenvalue weighted by Gasteiger charge is -2.31. The molecule has 0 unspecified atom stereocenters. The zero-order chi connectivity index (χ0) is 12.1. The molecule has 2 N–H and O–H groups in total. The average molecular weight is 233 g/mol. The van der Waals surface area contributed by atoms with Crippen LogP contribution in [0.2, 0.25) is 0 Å². The number of nitrogens with two attached hydrogens (primary N) is 1. The average Bonchev–Trinajstić information content (AvgIpc) is 2.33. The van der Waals surface area contributed by atoms with Gasteiger partial charge in [0.25, 0.3) is 0 Å². The van der Waals surface area contributed by atoms with Crippen LogP contribution >= 0.6 is 0 Å². The van der Waals surface area contributed by atoms with Crippen LogP contribution in [0.5, 0.6) is 0 Å². The number of aromatic nitrogens is 1. The van der Waals surface area contributed by atoms with Gasteiger partial charge in [-0.1, -0.05) is 19.4 Å². The van der Waals surface area contributed by atoms with E-state index in [4.69, 9.17) is 5.73 Å². The van der Waals surface area contributed by atoms with Crippen LogP contribution in [0.15, 0.2) is 18.3 Å². The predicted molar refractivity (Wildman–Crippen MR) is 70.4 cm³/mol. The van der Waals surface area contributed by atoms with Crippen molar-refractivity contribution < 1.29 is 0 Å². The van der Waals surface area contributed by atoms with Crippen molar-refractivity contribution >= 4 is 0 Å². The maximum Gasteiger partial charge on any atom is 0.0544 e. The SMILES string of the molecule is CCN(Cc1ccc(CN)cn1)CC1CCC1. The Balaban J connectivity index is 1.87. The third-order valence-corrected chi connectivity index (χ3v) is 3.70. The molecule has 0 saturated heterocycles. The highest BCUT2D eigenvalue weighted by Crippen LogP contribution is 2.27. The van der Waals surface area contributed by atoms with Crippen LogP contribution in [-0.2, 0) is 13.1 Å². The molecule has 0 aromatic carbocycles. The van der Waals surface area contributed by atoms with E-state index in [2.05, 4.69) is 28.9 Å². The molecule has 1 heterocycles. The third-order valence-electron chi connectivity index (χ3n) is 3.70. The molecule has 0 atom stereocenters. The van der Waals surface area contributed by atoms with Crippen LogP contribution in [-0.4, -0.2) is 23.0 Å². The van der Waals surface area contributed by atoms with Gasteiger partial charge < -0.3 is 5.73 Å². The molecule has 1 aliphatic rings. The maximum absolute atomic E-state index is 5.57. The monoisotopic (exact) mass is 233 g/mol. The van der Waals surface area contributed by atoms with Crippen molar-refractivity contribution in [3.63, 3.8) is 0 Å². The van der Waals surface area contributed by atoms with Gasteiger partial charge in [-0.05, 0) is 36.9 Å². The number of hydrogen-bond acceptors (Lipinski definition) is 3. The van der Waals surface area contributed by atoms with Crippen LogP contribution in [0.4, 0.5) is 0 Å². The summed E-state index contributed by atoms with van der Waals surface area (Å²) < 4.78 is 0. The lowest BCUT2D eigenvalue weighted by atomic mass is 9.85. The molecule has 1 aliphatic carbocycles. The fraction of sp³-hybridized carbons (Fsp3) is 0.643. The molecule has 17 heavy (non-hydrogen) atoms. The van der Waals surface area contributed by atoms with Crippen molar-refractivity contribution in [2.45, 2.75) is 39.3 Å². The Hall–Kier alpha value is -0.930. The summed E-state index contributed by atoms with van der Waals surface area (Å²) >= 11 is 0. The Bertz CT molecular complexity index is 330. The number of nitrogens with zero attached hydrogens (tertiary/aromatic N) is 2. The fourth-order valence-corrected chi connectivity index (χ4v) is 2.24. The van der Waals surface area contributed by atoms with Crippen molar-refractivity contribution in [2.24, 2.45) is 11.7 Å². The predicted octanol–water partition coefficient (Wildman–Crippen LogP) is 2.16. The molecular weight excluding hydrogens is 210 g/mol. The Morgan fingerprint density at radius 3 is 2.71 bits per heavy atom. The van der Waals surface area contributed by atoms with E-state index in [1.54, 1.807) is 0 Å². The molecule has 1 aromatic heterocycles. The second-order valence-electron chi connectivity index (χ2n) is 4.99. The van der Waals surface area contributed by atoms with Gasteiger partial charge in [-0.25, -0.2) is 0 Å². The van der Waals surface area contributed by atoms with Crippen LogP contribution in [0.25, 0.3) is 0 Å². The first kappa shape index (κ1) is 12.5. The van der Waals surface area contributed by atoms with E-state index in [1.807, 2.05) is 6.20 Å². The highest BCUT2D eigenvalue weighted by molar-refractivity contribution is 5.13. The molecule has 94 valence electrons. The molecule has 3 heteroatoms. The maximum atomic E-state index is 5.57. The van der Waals surface area contributed by atoms with E-state index < -0.39 is 0 Å². The van der Waals surface area contributed by atoms with Gasteiger partial charge in [-0.3, -0.25) is 9.88 Å². The first-order chi connectivity index (χ1) is 8.31. The second kappa shape index (κ2) is 6.12. The molecule has 2 rings (SSSR count). The van der Waals surface area contributed by atoms with Gasteiger partial charge in [0.2, 0.25) is 0 Å². The van der Waals surface area contributed by atoms with Crippen molar-refractivity contribution in [2.75, 3.05) is 13.1 Å². The Morgan fingerprint density at radius 2 is 2.24 bits per heavy atom. The summed E-state index contributed by atoms with van der Waals surface area (Å²) in [6.07, 6.45) is 6.14. The van der Waals surface area contributed by atoms with Gasteiger partial charge in [0.1, 0.15) is 0 Å². The zero-order valence-electron chi connectivity index (χ0n) is 10.7. The Labute approximate surface area is 104 Å². The summed E-state index contributed by atoms with van der Waals surface area (Å²) in [7, 11) is 0. The first-order valence-corrected chi connectivity index (χ1v) is 6.68. The minimum atomic E-state index is 0.576. The zero-order valence-corrected chi connectivity index (χ0v) is 10.7. The van der Waals surface area contributed by atoms with Crippen LogP contribution in [0, 0.1) is 5.92 Å². The molecule has 0 radical (unpaired) electrons. The van der Waals surface area contributed by atoms with E-state index >= 15 is 0 Å². The molecule has 0 amide bonds. The molecule has 1 saturated carbocycles. The Kier molecular flexibility index (Phi) is 4.51. The quantitative estimate of drug-likeness (QED) is 0.818. The smallest absolute Gasteiger partial charge is 0.0544 e. The van der Waals surface area contributed by atoms with Crippen LogP contribution in [0.1, 0.15) is 37.4 Å². The summed E-state index contributed by atoms with van der Waals surface area (Å²) in [4.78, 5) is 6.96. The molecule has 0 bridgehead atoms. The molecule has 1 fully saturated rings. The van der Waals surface area contributed by atoms with Crippen molar-refractivity contribution in [1.29, 1.82) is 0 Å². The summed E-state index contributed by atoms with van der Waals surface area (Å²) in [5.41, 5.74) is 7.83. The highest BCUT2D eigenvalue weighted by atomic mass is 15.1. The van der Waals surface area contributed by atoms with Gasteiger partial charge >= 0.3 is 0 Å². The van der Waals surface area contributed by atoms with Crippen molar-refractivity contribution in [3.8, 4) is 0 Å². The summed E-state index contributed by atoms with van der Waals surface area (Å²) in [5, 5.41) is 0. The van der Waals surface area contributed by atoms with E-state index in [1.165, 1.54) is 25.8 Å². The van der Waals surface area contributed by atoms with Gasteiger partial charge in [-0.15, -0.1) is 0 Å². The van der Waals surface area contributed by atoms with Gasteiger partial charge in [0.15, 0.2) is 0 Å². The highest BCUT2D eigenvalue weighted by Gasteiger charge is 2.20. The molecule has 0 spiro atoms. The number of pyridine rings is 1. The normalized spacial score (nSPS) is 16.2. The van der Waals surface area contributed by atoms with Crippen LogP contribution < -0.4 is 5.73 Å². The summed E-state index contributed by atoms with van der Waals surface area (Å²) in [5.74, 6) is 0.929. The number of hydrogen-bond donors (Lipinski definition) is 1. The number of rotatable bonds is 6. The van der Waals surface area contributed by atoms with Crippen molar-refractivity contribution in [1.82, 2.24) is 9.88 Å². The fourth-order valence-electron chi connectivity index (χ4n) is 2.24. The lowest BCUT2D eigenvalue weighted by Crippen LogP contribution is -2.32. The second-order valence-corrected chi connectivity index (χ2v) is 4.99. The largest absolute Gasteiger partial charge is 0.326 e. The minimum absolute atomic E-state index is 0.576. The standard InChI is InChI=1S/C14H23N3/c1-2-17(10-12-4-3-5-12)11-14-7-6-13(8-15)9-16-14/h6-7,9,12H,2-5,8,10-11,15H2,1H3. The topological polar surface area (TPSA) is 42.1 Å². The Morgan fingerprint density at radius 1 is 1.41 bits per heavy atom. The summed E-state index contributed by atoms with van der Waals surface area (Å²) in [6, 6.07) is 4.19. The molecule has 3 nitrogen and oxygen atoms in total. The van der Waals surface area contributed by atoms with Crippen molar-refractivity contribution in [3.05, 3.63) is 29.6 Å². The third kappa shape index (κ3) is 3.51. The summed E-state index contributed by atoms with van der Waals surface area (Å²) in [6.45, 7) is 6.12. The van der Waals surface area contributed by atoms with Crippen LogP contribution in [0.3, 0.4) is 0 Å². The van der Waals surface area contributed by atoms with Gasteiger partial charge in [-0.2, -0.15) is 0 Å². The minimum Gasteiger partial charge on any atom is -0.326 e. The van der Waals surface area contributed by atoms with E-state index in [0.29, 0.717) is 6.54 Å². The lowest BCUT2D eigenvalue weighted by molar-refractivity contribution is 0.177. The molecule has 0 aliphatic heterocycles. The van der Waals surface area contributed by atoms with E-state index in [-0.39, 0.29) is 0 Å². The molecular formula is C14H23N3.